The molecule has 8 heteroatoms. The summed E-state index contributed by atoms with van der Waals surface area (Å²) in [6, 6.07) is 18.7. The molecule has 0 fully saturated rings. The quantitative estimate of drug-likeness (QED) is 0.285. The Morgan fingerprint density at radius 1 is 1.06 bits per heavy atom. The predicted octanol–water partition coefficient (Wildman–Crippen LogP) is 5.95. The van der Waals surface area contributed by atoms with Gasteiger partial charge in [-0.3, -0.25) is 4.79 Å². The van der Waals surface area contributed by atoms with Crippen molar-refractivity contribution in [3.8, 4) is 17.4 Å². The van der Waals surface area contributed by atoms with E-state index < -0.39 is 0 Å². The first-order chi connectivity index (χ1) is 16.2. The van der Waals surface area contributed by atoms with Gasteiger partial charge in [0.15, 0.2) is 0 Å². The Bertz CT molecular complexity index is 1180. The minimum atomic E-state index is -0.123. The van der Waals surface area contributed by atoms with E-state index in [4.69, 9.17) is 9.47 Å². The fourth-order valence-corrected chi connectivity index (χ4v) is 4.64. The van der Waals surface area contributed by atoms with Crippen LogP contribution in [-0.4, -0.2) is 22.5 Å². The Morgan fingerprint density at radius 3 is 2.67 bits per heavy atom. The number of rotatable bonds is 10. The molecule has 0 bridgehead atoms. The van der Waals surface area contributed by atoms with Gasteiger partial charge in [0.2, 0.25) is 5.88 Å². The van der Waals surface area contributed by atoms with Crippen LogP contribution in [0.4, 0.5) is 0 Å². The molecule has 0 aliphatic carbocycles. The minimum Gasteiger partial charge on any atom is -0.494 e. The molecule has 6 nitrogen and oxygen atoms in total. The van der Waals surface area contributed by atoms with Gasteiger partial charge in [-0.1, -0.05) is 12.1 Å². The standard InChI is InChI=1S/C25H23N3O3S2/c1-2-30-20-7-9-21(10-8-20)31-24-13-18(11-12-26-24)14-27-25(29)22-5-3-4-6-23(22)33-16-19-15-32-17-28-19/h3-13,15,17H,2,14,16H2,1H3,(H,27,29). The lowest BCUT2D eigenvalue weighted by Gasteiger charge is -2.11. The summed E-state index contributed by atoms with van der Waals surface area (Å²) in [5, 5.41) is 5.02. The number of benzene rings is 2. The molecule has 2 heterocycles. The van der Waals surface area contributed by atoms with Gasteiger partial charge in [0.1, 0.15) is 11.5 Å². The number of nitrogens with zero attached hydrogens (tertiary/aromatic N) is 2. The van der Waals surface area contributed by atoms with Crippen molar-refractivity contribution < 1.29 is 14.3 Å². The number of thiazole rings is 1. The van der Waals surface area contributed by atoms with Crippen molar-refractivity contribution in [2.75, 3.05) is 6.61 Å². The van der Waals surface area contributed by atoms with Crippen molar-refractivity contribution in [3.05, 3.63) is 94.6 Å². The number of thioether (sulfide) groups is 1. The van der Waals surface area contributed by atoms with Crippen LogP contribution >= 0.6 is 23.1 Å². The van der Waals surface area contributed by atoms with E-state index in [-0.39, 0.29) is 5.91 Å². The predicted molar refractivity (Wildman–Crippen MR) is 131 cm³/mol. The number of hydrogen-bond acceptors (Lipinski definition) is 7. The van der Waals surface area contributed by atoms with E-state index in [0.717, 1.165) is 27.7 Å². The normalized spacial score (nSPS) is 10.6. The highest BCUT2D eigenvalue weighted by Crippen LogP contribution is 2.27. The van der Waals surface area contributed by atoms with E-state index in [1.54, 1.807) is 29.3 Å². The summed E-state index contributed by atoms with van der Waals surface area (Å²) in [7, 11) is 0. The van der Waals surface area contributed by atoms with Crippen LogP contribution in [0.15, 0.2) is 82.6 Å². The third-order valence-corrected chi connectivity index (χ3v) is 6.34. The van der Waals surface area contributed by atoms with E-state index in [1.807, 2.05) is 78.5 Å². The van der Waals surface area contributed by atoms with E-state index in [9.17, 15) is 4.79 Å². The summed E-state index contributed by atoms with van der Waals surface area (Å²) < 4.78 is 11.3. The van der Waals surface area contributed by atoms with Crippen LogP contribution in [0.25, 0.3) is 0 Å². The topological polar surface area (TPSA) is 73.3 Å². The highest BCUT2D eigenvalue weighted by molar-refractivity contribution is 7.98. The van der Waals surface area contributed by atoms with Crippen LogP contribution < -0.4 is 14.8 Å². The molecule has 4 aromatic rings. The zero-order valence-electron chi connectivity index (χ0n) is 18.1. The molecule has 2 aromatic heterocycles. The zero-order chi connectivity index (χ0) is 22.9. The van der Waals surface area contributed by atoms with E-state index in [0.29, 0.717) is 30.3 Å². The monoisotopic (exact) mass is 477 g/mol. The molecule has 0 saturated heterocycles. The molecule has 0 unspecified atom stereocenters. The Kier molecular flexibility index (Phi) is 7.94. The van der Waals surface area contributed by atoms with Crippen molar-refractivity contribution in [2.45, 2.75) is 24.1 Å². The highest BCUT2D eigenvalue weighted by atomic mass is 32.2. The summed E-state index contributed by atoms with van der Waals surface area (Å²) in [5.74, 6) is 2.52. The first-order valence-electron chi connectivity index (χ1n) is 10.4. The van der Waals surface area contributed by atoms with Gasteiger partial charge in [-0.05, 0) is 55.0 Å². The Labute approximate surface area is 201 Å². The fourth-order valence-electron chi connectivity index (χ4n) is 3.03. The Morgan fingerprint density at radius 2 is 1.88 bits per heavy atom. The number of aromatic nitrogens is 2. The summed E-state index contributed by atoms with van der Waals surface area (Å²) in [5.41, 5.74) is 4.37. The minimum absolute atomic E-state index is 0.123. The lowest BCUT2D eigenvalue weighted by Crippen LogP contribution is -2.23. The van der Waals surface area contributed by atoms with Gasteiger partial charge in [0.05, 0.1) is 23.4 Å². The molecule has 33 heavy (non-hydrogen) atoms. The molecule has 1 N–H and O–H groups in total. The highest BCUT2D eigenvalue weighted by Gasteiger charge is 2.12. The average molecular weight is 478 g/mol. The second-order valence-corrected chi connectivity index (χ2v) is 8.69. The third kappa shape index (κ3) is 6.57. The summed E-state index contributed by atoms with van der Waals surface area (Å²) in [4.78, 5) is 22.4. The first kappa shape index (κ1) is 22.8. The maximum atomic E-state index is 12.9. The fraction of sp³-hybridized carbons (Fsp3) is 0.160. The molecule has 0 spiro atoms. The number of amides is 1. The number of carbonyl (C=O) groups is 1. The van der Waals surface area contributed by atoms with Gasteiger partial charge >= 0.3 is 0 Å². The van der Waals surface area contributed by atoms with Crippen LogP contribution in [0.5, 0.6) is 17.4 Å². The van der Waals surface area contributed by atoms with E-state index >= 15 is 0 Å². The molecule has 0 radical (unpaired) electrons. The molecule has 0 saturated carbocycles. The maximum Gasteiger partial charge on any atom is 0.252 e. The molecular weight excluding hydrogens is 454 g/mol. The van der Waals surface area contributed by atoms with Crippen LogP contribution in [0.3, 0.4) is 0 Å². The van der Waals surface area contributed by atoms with E-state index in [1.165, 1.54) is 0 Å². The van der Waals surface area contributed by atoms with Gasteiger partial charge in [0, 0.05) is 34.8 Å². The summed E-state index contributed by atoms with van der Waals surface area (Å²) >= 11 is 3.18. The van der Waals surface area contributed by atoms with Crippen LogP contribution in [0.1, 0.15) is 28.5 Å². The van der Waals surface area contributed by atoms with Crippen molar-refractivity contribution in [1.29, 1.82) is 0 Å². The largest absolute Gasteiger partial charge is 0.494 e. The molecule has 0 aliphatic rings. The summed E-state index contributed by atoms with van der Waals surface area (Å²) in [6.45, 7) is 2.93. The first-order valence-corrected chi connectivity index (χ1v) is 12.4. The lowest BCUT2D eigenvalue weighted by molar-refractivity contribution is 0.0948. The Hall–Kier alpha value is -3.36. The molecule has 168 valence electrons. The van der Waals surface area contributed by atoms with Crippen LogP contribution in [0, 0.1) is 0 Å². The Balaban J connectivity index is 1.36. The maximum absolute atomic E-state index is 12.9. The van der Waals surface area contributed by atoms with Crippen LogP contribution in [-0.2, 0) is 12.3 Å². The van der Waals surface area contributed by atoms with Gasteiger partial charge in [-0.25, -0.2) is 9.97 Å². The molecule has 0 aliphatic heterocycles. The van der Waals surface area contributed by atoms with Crippen molar-refractivity contribution >= 4 is 29.0 Å². The average Bonchev–Trinajstić information content (AvgIpc) is 3.37. The number of carbonyl (C=O) groups excluding carboxylic acids is 1. The smallest absolute Gasteiger partial charge is 0.252 e. The van der Waals surface area contributed by atoms with Crippen molar-refractivity contribution in [1.82, 2.24) is 15.3 Å². The third-order valence-electron chi connectivity index (χ3n) is 4.60. The molecular formula is C25H23N3O3S2. The second-order valence-electron chi connectivity index (χ2n) is 6.96. The van der Waals surface area contributed by atoms with E-state index in [2.05, 4.69) is 15.3 Å². The number of pyridine rings is 1. The molecule has 2 aromatic carbocycles. The zero-order valence-corrected chi connectivity index (χ0v) is 19.7. The summed E-state index contributed by atoms with van der Waals surface area (Å²) in [6.07, 6.45) is 1.67. The van der Waals surface area contributed by atoms with Gasteiger partial charge in [-0.15, -0.1) is 23.1 Å². The number of nitrogens with one attached hydrogen (secondary N) is 1. The lowest BCUT2D eigenvalue weighted by atomic mass is 10.2. The second kappa shape index (κ2) is 11.5. The van der Waals surface area contributed by atoms with Crippen molar-refractivity contribution in [3.63, 3.8) is 0 Å². The van der Waals surface area contributed by atoms with Gasteiger partial charge in [-0.2, -0.15) is 0 Å². The SMILES string of the molecule is CCOc1ccc(Oc2cc(CNC(=O)c3ccccc3SCc3cscn3)ccn2)cc1. The van der Waals surface area contributed by atoms with Crippen LogP contribution in [0.2, 0.25) is 0 Å². The molecule has 0 atom stereocenters. The van der Waals surface area contributed by atoms with Gasteiger partial charge in [0.25, 0.3) is 5.91 Å². The molecule has 1 amide bonds. The molecule has 4 rings (SSSR count). The van der Waals surface area contributed by atoms with Gasteiger partial charge < -0.3 is 14.8 Å². The van der Waals surface area contributed by atoms with Crippen molar-refractivity contribution in [2.24, 2.45) is 0 Å². The number of hydrogen-bond donors (Lipinski definition) is 1. The number of ether oxygens (including phenoxy) is 2.